The van der Waals surface area contributed by atoms with E-state index in [1.165, 1.54) is 0 Å². The van der Waals surface area contributed by atoms with Gasteiger partial charge in [-0.05, 0) is 13.3 Å². The summed E-state index contributed by atoms with van der Waals surface area (Å²) in [4.78, 5) is 0. The van der Waals surface area contributed by atoms with E-state index in [-0.39, 0.29) is 0 Å². The van der Waals surface area contributed by atoms with Gasteiger partial charge in [-0.3, -0.25) is 0 Å². The van der Waals surface area contributed by atoms with Crippen LogP contribution in [0.3, 0.4) is 0 Å². The predicted molar refractivity (Wildman–Crippen MR) is 34.7 cm³/mol. The summed E-state index contributed by atoms with van der Waals surface area (Å²) in [6.07, 6.45) is 1.16. The van der Waals surface area contributed by atoms with Gasteiger partial charge in [0.15, 0.2) is 0 Å². The summed E-state index contributed by atoms with van der Waals surface area (Å²) >= 11 is 0. The molecule has 1 rings (SSSR count). The van der Waals surface area contributed by atoms with E-state index in [9.17, 15) is 0 Å². The van der Waals surface area contributed by atoms with Crippen molar-refractivity contribution in [3.8, 4) is 0 Å². The van der Waals surface area contributed by atoms with E-state index < -0.39 is 0 Å². The summed E-state index contributed by atoms with van der Waals surface area (Å²) in [7, 11) is 0. The van der Waals surface area contributed by atoms with Crippen molar-refractivity contribution >= 4 is 0 Å². The molecular weight excluding hydrogens is 100 g/mol. The molecule has 2 unspecified atom stereocenters. The molecule has 0 aromatic carbocycles. The summed E-state index contributed by atoms with van der Waals surface area (Å²) in [5.41, 5.74) is 6.00. The molecule has 1 aliphatic rings. The summed E-state index contributed by atoms with van der Waals surface area (Å²) in [5, 5.41) is 3.27. The summed E-state index contributed by atoms with van der Waals surface area (Å²) in [5.74, 6) is 0. The molecule has 3 N–H and O–H groups in total. The number of rotatable bonds is 2. The van der Waals surface area contributed by atoms with E-state index in [1.807, 2.05) is 0 Å². The lowest BCUT2D eigenvalue weighted by Crippen LogP contribution is -2.36. The highest BCUT2D eigenvalue weighted by molar-refractivity contribution is 5.08. The zero-order chi connectivity index (χ0) is 6.20. The minimum atomic E-state index is 0.312. The minimum Gasteiger partial charge on any atom is -0.326 e. The third-order valence-electron chi connectivity index (χ3n) is 2.13. The molecule has 0 aliphatic carbocycles. The maximum Gasteiger partial charge on any atom is 0.0454 e. The van der Waals surface area contributed by atoms with E-state index in [0.29, 0.717) is 11.6 Å². The maximum atomic E-state index is 5.68. The molecule has 1 saturated heterocycles. The van der Waals surface area contributed by atoms with Gasteiger partial charge in [-0.15, -0.1) is 0 Å². The fraction of sp³-hybridized carbons (Fsp3) is 1.00. The van der Waals surface area contributed by atoms with Crippen LogP contribution in [-0.2, 0) is 0 Å². The van der Waals surface area contributed by atoms with Gasteiger partial charge in [0, 0.05) is 18.1 Å². The maximum absolute atomic E-state index is 5.68. The Morgan fingerprint density at radius 2 is 2.38 bits per heavy atom. The van der Waals surface area contributed by atoms with Crippen molar-refractivity contribution in [2.75, 3.05) is 6.54 Å². The molecule has 0 spiro atoms. The molecule has 0 saturated carbocycles. The zero-order valence-corrected chi connectivity index (χ0v) is 5.57. The topological polar surface area (TPSA) is 48.0 Å². The number of nitrogens with two attached hydrogens (primary N) is 1. The zero-order valence-electron chi connectivity index (χ0n) is 5.57. The number of hydrogen-bond acceptors (Lipinski definition) is 2. The van der Waals surface area contributed by atoms with Crippen molar-refractivity contribution in [2.24, 2.45) is 5.73 Å². The minimum absolute atomic E-state index is 0.312. The van der Waals surface area contributed by atoms with Crippen molar-refractivity contribution in [3.05, 3.63) is 0 Å². The first kappa shape index (κ1) is 6.05. The molecule has 0 bridgehead atoms. The average molecular weight is 114 g/mol. The van der Waals surface area contributed by atoms with Crippen LogP contribution < -0.4 is 11.1 Å². The summed E-state index contributed by atoms with van der Waals surface area (Å²) in [6, 6.07) is 0.312. The van der Waals surface area contributed by atoms with Crippen LogP contribution in [0, 0.1) is 0 Å². The Kier molecular flexibility index (Phi) is 1.29. The molecule has 1 aliphatic heterocycles. The smallest absolute Gasteiger partial charge is 0.0454 e. The first-order valence-electron chi connectivity index (χ1n) is 3.22. The van der Waals surface area contributed by atoms with Gasteiger partial charge in [0.05, 0.1) is 0 Å². The standard InChI is InChI=1S/C6H14N2/c1-3-6(4-8-6)5(2)7/h5,8H,3-4,7H2,1-2H3. The van der Waals surface area contributed by atoms with Gasteiger partial charge in [-0.1, -0.05) is 6.92 Å². The van der Waals surface area contributed by atoms with Crippen LogP contribution in [0.2, 0.25) is 0 Å². The van der Waals surface area contributed by atoms with Gasteiger partial charge in [0.1, 0.15) is 0 Å². The van der Waals surface area contributed by atoms with E-state index >= 15 is 0 Å². The van der Waals surface area contributed by atoms with Crippen LogP contribution in [0.4, 0.5) is 0 Å². The number of hydrogen-bond donors (Lipinski definition) is 2. The van der Waals surface area contributed by atoms with Crippen molar-refractivity contribution in [3.63, 3.8) is 0 Å². The molecule has 8 heavy (non-hydrogen) atoms. The highest BCUT2D eigenvalue weighted by Gasteiger charge is 2.43. The highest BCUT2D eigenvalue weighted by atomic mass is 15.2. The van der Waals surface area contributed by atoms with Crippen LogP contribution in [0.15, 0.2) is 0 Å². The van der Waals surface area contributed by atoms with Gasteiger partial charge < -0.3 is 11.1 Å². The van der Waals surface area contributed by atoms with E-state index in [4.69, 9.17) is 5.73 Å². The molecule has 0 aromatic heterocycles. The third-order valence-corrected chi connectivity index (χ3v) is 2.13. The molecule has 2 heteroatoms. The molecule has 2 atom stereocenters. The van der Waals surface area contributed by atoms with Gasteiger partial charge in [-0.2, -0.15) is 0 Å². The fourth-order valence-corrected chi connectivity index (χ4v) is 1.01. The van der Waals surface area contributed by atoms with Crippen molar-refractivity contribution in [2.45, 2.75) is 31.8 Å². The van der Waals surface area contributed by atoms with Gasteiger partial charge in [0.2, 0.25) is 0 Å². The summed E-state index contributed by atoms with van der Waals surface area (Å²) < 4.78 is 0. The molecule has 48 valence electrons. The van der Waals surface area contributed by atoms with Crippen molar-refractivity contribution in [1.82, 2.24) is 5.32 Å². The second kappa shape index (κ2) is 1.71. The lowest BCUT2D eigenvalue weighted by atomic mass is 10.00. The normalized spacial score (nSPS) is 39.4. The average Bonchev–Trinajstić information content (AvgIpc) is 2.44. The first-order chi connectivity index (χ1) is 3.71. The van der Waals surface area contributed by atoms with Crippen LogP contribution in [0.25, 0.3) is 0 Å². The molecule has 2 nitrogen and oxygen atoms in total. The van der Waals surface area contributed by atoms with Crippen LogP contribution in [0.1, 0.15) is 20.3 Å². The first-order valence-corrected chi connectivity index (χ1v) is 3.22. The summed E-state index contributed by atoms with van der Waals surface area (Å²) in [6.45, 7) is 5.34. The predicted octanol–water partition coefficient (Wildman–Crippen LogP) is 0.0856. The molecule has 0 aromatic rings. The Labute approximate surface area is 50.4 Å². The van der Waals surface area contributed by atoms with Crippen molar-refractivity contribution in [1.29, 1.82) is 0 Å². The van der Waals surface area contributed by atoms with Crippen molar-refractivity contribution < 1.29 is 0 Å². The Bertz CT molecular complexity index is 84.5. The van der Waals surface area contributed by atoms with Crippen LogP contribution in [-0.4, -0.2) is 18.1 Å². The lowest BCUT2D eigenvalue weighted by molar-refractivity contribution is 0.505. The highest BCUT2D eigenvalue weighted by Crippen LogP contribution is 2.23. The second-order valence-corrected chi connectivity index (χ2v) is 2.65. The van der Waals surface area contributed by atoms with Gasteiger partial charge in [0.25, 0.3) is 0 Å². The van der Waals surface area contributed by atoms with Crippen LogP contribution in [0.5, 0.6) is 0 Å². The fourth-order valence-electron chi connectivity index (χ4n) is 1.01. The Balaban J connectivity index is 2.41. The van der Waals surface area contributed by atoms with Crippen LogP contribution >= 0.6 is 0 Å². The monoisotopic (exact) mass is 114 g/mol. The Hall–Kier alpha value is -0.0800. The molecule has 1 heterocycles. The molecule has 1 fully saturated rings. The van der Waals surface area contributed by atoms with E-state index in [1.54, 1.807) is 0 Å². The Morgan fingerprint density at radius 1 is 1.88 bits per heavy atom. The molecular formula is C6H14N2. The SMILES string of the molecule is CCC1(C(C)N)CN1. The van der Waals surface area contributed by atoms with E-state index in [0.717, 1.165) is 13.0 Å². The lowest BCUT2D eigenvalue weighted by Gasteiger charge is -2.13. The molecule has 0 amide bonds. The van der Waals surface area contributed by atoms with Gasteiger partial charge >= 0.3 is 0 Å². The third kappa shape index (κ3) is 0.740. The number of nitrogens with one attached hydrogen (secondary N) is 1. The second-order valence-electron chi connectivity index (χ2n) is 2.65. The quantitative estimate of drug-likeness (QED) is 0.500. The molecule has 0 radical (unpaired) electrons. The van der Waals surface area contributed by atoms with E-state index in [2.05, 4.69) is 19.2 Å². The van der Waals surface area contributed by atoms with Gasteiger partial charge in [-0.25, -0.2) is 0 Å². The Morgan fingerprint density at radius 3 is 2.38 bits per heavy atom. The largest absolute Gasteiger partial charge is 0.326 e.